The number of nitrogens with zero attached hydrogens (tertiary/aromatic N) is 1. The minimum Gasteiger partial charge on any atom is -0.375 e. The third kappa shape index (κ3) is 2.61. The van der Waals surface area contributed by atoms with Crippen LogP contribution in [0.1, 0.15) is 5.56 Å². The van der Waals surface area contributed by atoms with Crippen molar-refractivity contribution in [2.24, 2.45) is 0 Å². The molecule has 90 valence electrons. The molecular weight excluding hydrogens is 317 g/mol. The number of anilines is 1. The van der Waals surface area contributed by atoms with E-state index in [-0.39, 0.29) is 0 Å². The van der Waals surface area contributed by atoms with Crippen molar-refractivity contribution in [3.05, 3.63) is 33.6 Å². The summed E-state index contributed by atoms with van der Waals surface area (Å²) < 4.78 is 37.8. The van der Waals surface area contributed by atoms with Crippen LogP contribution in [0.15, 0.2) is 28.1 Å². The van der Waals surface area contributed by atoms with Gasteiger partial charge in [0.15, 0.2) is 5.13 Å². The number of benzene rings is 1. The van der Waals surface area contributed by atoms with Crippen LogP contribution >= 0.6 is 27.3 Å². The SMILES string of the molecule is Nc1nc(-c2ccc(C(F)(F)F)cc2)c(Br)s1. The average molecular weight is 323 g/mol. The number of hydrogen-bond acceptors (Lipinski definition) is 3. The Hall–Kier alpha value is -1.08. The zero-order valence-corrected chi connectivity index (χ0v) is 10.7. The maximum Gasteiger partial charge on any atom is 0.416 e. The summed E-state index contributed by atoms with van der Waals surface area (Å²) in [5.74, 6) is 0. The Morgan fingerprint density at radius 2 is 1.76 bits per heavy atom. The lowest BCUT2D eigenvalue weighted by molar-refractivity contribution is -0.137. The first-order valence-electron chi connectivity index (χ1n) is 4.47. The van der Waals surface area contributed by atoms with Crippen LogP contribution in [-0.4, -0.2) is 4.98 Å². The van der Waals surface area contributed by atoms with Crippen LogP contribution in [0.25, 0.3) is 11.3 Å². The molecule has 0 aliphatic heterocycles. The van der Waals surface area contributed by atoms with Crippen molar-refractivity contribution in [3.63, 3.8) is 0 Å². The fourth-order valence-electron chi connectivity index (χ4n) is 1.31. The lowest BCUT2D eigenvalue weighted by Crippen LogP contribution is -2.04. The van der Waals surface area contributed by atoms with Gasteiger partial charge in [0.25, 0.3) is 0 Å². The van der Waals surface area contributed by atoms with Gasteiger partial charge >= 0.3 is 6.18 Å². The van der Waals surface area contributed by atoms with Gasteiger partial charge in [-0.05, 0) is 28.1 Å². The number of halogens is 4. The molecule has 0 unspecified atom stereocenters. The van der Waals surface area contributed by atoms with E-state index in [1.165, 1.54) is 23.5 Å². The van der Waals surface area contributed by atoms with E-state index in [1.807, 2.05) is 0 Å². The molecule has 17 heavy (non-hydrogen) atoms. The summed E-state index contributed by atoms with van der Waals surface area (Å²) in [6.07, 6.45) is -4.32. The van der Waals surface area contributed by atoms with Crippen molar-refractivity contribution in [1.29, 1.82) is 0 Å². The Morgan fingerprint density at radius 3 is 2.18 bits per heavy atom. The van der Waals surface area contributed by atoms with Crippen LogP contribution in [0.3, 0.4) is 0 Å². The molecule has 1 aromatic heterocycles. The van der Waals surface area contributed by atoms with Gasteiger partial charge in [0.1, 0.15) is 0 Å². The van der Waals surface area contributed by atoms with Crippen molar-refractivity contribution in [2.45, 2.75) is 6.18 Å². The summed E-state index contributed by atoms with van der Waals surface area (Å²) in [4.78, 5) is 4.04. The minimum atomic E-state index is -4.32. The molecule has 0 aliphatic carbocycles. The molecule has 0 radical (unpaired) electrons. The van der Waals surface area contributed by atoms with Crippen molar-refractivity contribution < 1.29 is 13.2 Å². The third-order valence-corrected chi connectivity index (χ3v) is 3.62. The van der Waals surface area contributed by atoms with Gasteiger partial charge < -0.3 is 5.73 Å². The maximum absolute atomic E-state index is 12.4. The fraction of sp³-hybridized carbons (Fsp3) is 0.100. The number of aromatic nitrogens is 1. The average Bonchev–Trinajstić information content (AvgIpc) is 2.57. The maximum atomic E-state index is 12.4. The number of nitrogen functional groups attached to an aromatic ring is 1. The zero-order chi connectivity index (χ0) is 12.6. The Balaban J connectivity index is 2.39. The summed E-state index contributed by atoms with van der Waals surface area (Å²) in [6, 6.07) is 4.80. The van der Waals surface area contributed by atoms with Crippen molar-refractivity contribution in [2.75, 3.05) is 5.73 Å². The van der Waals surface area contributed by atoms with E-state index in [2.05, 4.69) is 20.9 Å². The second kappa shape index (κ2) is 4.30. The molecule has 7 heteroatoms. The monoisotopic (exact) mass is 322 g/mol. The van der Waals surface area contributed by atoms with Gasteiger partial charge in [-0.15, -0.1) is 0 Å². The van der Waals surface area contributed by atoms with Gasteiger partial charge in [-0.2, -0.15) is 13.2 Å². The molecule has 0 spiro atoms. The molecule has 2 N–H and O–H groups in total. The van der Waals surface area contributed by atoms with E-state index in [0.717, 1.165) is 12.1 Å². The first-order valence-corrected chi connectivity index (χ1v) is 6.08. The van der Waals surface area contributed by atoms with E-state index in [0.29, 0.717) is 20.2 Å². The van der Waals surface area contributed by atoms with Crippen LogP contribution in [0.5, 0.6) is 0 Å². The molecular formula is C10H6BrF3N2S. The van der Waals surface area contributed by atoms with Crippen molar-refractivity contribution >= 4 is 32.4 Å². The predicted molar refractivity (Wildman–Crippen MR) is 64.7 cm³/mol. The normalized spacial score (nSPS) is 11.8. The summed E-state index contributed by atoms with van der Waals surface area (Å²) in [5, 5.41) is 0.367. The number of alkyl halides is 3. The lowest BCUT2D eigenvalue weighted by Gasteiger charge is -2.06. The molecule has 0 aliphatic rings. The molecule has 0 fully saturated rings. The Kier molecular flexibility index (Phi) is 3.13. The Bertz CT molecular complexity index is 533. The molecule has 0 atom stereocenters. The highest BCUT2D eigenvalue weighted by Crippen LogP contribution is 2.36. The van der Waals surface area contributed by atoms with E-state index in [9.17, 15) is 13.2 Å². The minimum absolute atomic E-state index is 0.367. The fourth-order valence-corrected chi connectivity index (χ4v) is 2.71. The summed E-state index contributed by atoms with van der Waals surface area (Å²) in [7, 11) is 0. The predicted octanol–water partition coefficient (Wildman–Crippen LogP) is 4.17. The van der Waals surface area contributed by atoms with E-state index >= 15 is 0 Å². The molecule has 0 saturated carbocycles. The smallest absolute Gasteiger partial charge is 0.375 e. The highest BCUT2D eigenvalue weighted by atomic mass is 79.9. The molecule has 0 saturated heterocycles. The lowest BCUT2D eigenvalue weighted by atomic mass is 10.1. The van der Waals surface area contributed by atoms with E-state index in [4.69, 9.17) is 5.73 Å². The standard InChI is InChI=1S/C10H6BrF3N2S/c11-8-7(16-9(15)17-8)5-1-3-6(4-2-5)10(12,13)14/h1-4H,(H2,15,16). The third-order valence-electron chi connectivity index (χ3n) is 2.09. The largest absolute Gasteiger partial charge is 0.416 e. The Labute approximate surface area is 107 Å². The van der Waals surface area contributed by atoms with Crippen LogP contribution in [0, 0.1) is 0 Å². The van der Waals surface area contributed by atoms with Crippen LogP contribution in [-0.2, 0) is 6.18 Å². The highest BCUT2D eigenvalue weighted by Gasteiger charge is 2.30. The van der Waals surface area contributed by atoms with Gasteiger partial charge in [-0.25, -0.2) is 4.98 Å². The molecule has 2 nitrogen and oxygen atoms in total. The van der Waals surface area contributed by atoms with Crippen molar-refractivity contribution in [1.82, 2.24) is 4.98 Å². The second-order valence-electron chi connectivity index (χ2n) is 3.25. The quantitative estimate of drug-likeness (QED) is 0.855. The Morgan fingerprint density at radius 1 is 1.18 bits per heavy atom. The highest BCUT2D eigenvalue weighted by molar-refractivity contribution is 9.11. The summed E-state index contributed by atoms with van der Waals surface area (Å²) in [5.41, 5.74) is 5.99. The molecule has 0 amide bonds. The van der Waals surface area contributed by atoms with E-state index < -0.39 is 11.7 Å². The topological polar surface area (TPSA) is 38.9 Å². The van der Waals surface area contributed by atoms with Gasteiger partial charge in [-0.3, -0.25) is 0 Å². The number of rotatable bonds is 1. The first kappa shape index (κ1) is 12.4. The second-order valence-corrected chi connectivity index (χ2v) is 5.60. The van der Waals surface area contributed by atoms with Crippen molar-refractivity contribution in [3.8, 4) is 11.3 Å². The van der Waals surface area contributed by atoms with E-state index in [1.54, 1.807) is 0 Å². The van der Waals surface area contributed by atoms with Crippen LogP contribution in [0.4, 0.5) is 18.3 Å². The zero-order valence-electron chi connectivity index (χ0n) is 8.25. The summed E-state index contributed by atoms with van der Waals surface area (Å²) in [6.45, 7) is 0. The number of thiazole rings is 1. The molecule has 2 aromatic rings. The van der Waals surface area contributed by atoms with Gasteiger partial charge in [0.2, 0.25) is 0 Å². The summed E-state index contributed by atoms with van der Waals surface area (Å²) >= 11 is 4.50. The number of nitrogens with two attached hydrogens (primary N) is 1. The van der Waals surface area contributed by atoms with Crippen LogP contribution < -0.4 is 5.73 Å². The molecule has 1 aromatic carbocycles. The van der Waals surface area contributed by atoms with Gasteiger partial charge in [-0.1, -0.05) is 23.5 Å². The van der Waals surface area contributed by atoms with Gasteiger partial charge in [0.05, 0.1) is 15.0 Å². The number of hydrogen-bond donors (Lipinski definition) is 1. The molecule has 1 heterocycles. The van der Waals surface area contributed by atoms with Gasteiger partial charge in [0, 0.05) is 5.56 Å². The molecule has 2 rings (SSSR count). The first-order chi connectivity index (χ1) is 7.88. The van der Waals surface area contributed by atoms with Crippen LogP contribution in [0.2, 0.25) is 0 Å². The molecule has 0 bridgehead atoms.